The third-order valence-electron chi connectivity index (χ3n) is 6.94. The van der Waals surface area contributed by atoms with Crippen LogP contribution in [0.5, 0.6) is 11.5 Å². The Balaban J connectivity index is 1.48. The highest BCUT2D eigenvalue weighted by molar-refractivity contribution is 6.10. The van der Waals surface area contributed by atoms with Crippen LogP contribution in [0.1, 0.15) is 11.1 Å². The Morgan fingerprint density at radius 1 is 0.622 bits per heavy atom. The van der Waals surface area contributed by atoms with Crippen LogP contribution < -0.4 is 9.64 Å². The number of ether oxygens (including phenoxy) is 1. The van der Waals surface area contributed by atoms with Gasteiger partial charge in [-0.25, -0.2) is 0 Å². The number of fused-ring (bicyclic) bond motifs is 5. The normalized spacial score (nSPS) is 12.2. The summed E-state index contributed by atoms with van der Waals surface area (Å²) in [5, 5.41) is 2.34. The lowest BCUT2D eigenvalue weighted by atomic mass is 10.1. The highest BCUT2D eigenvalue weighted by Gasteiger charge is 2.26. The molecule has 0 saturated carbocycles. The molecule has 0 aliphatic carbocycles. The van der Waals surface area contributed by atoms with E-state index >= 15 is 0 Å². The van der Waals surface area contributed by atoms with Crippen molar-refractivity contribution in [1.82, 2.24) is 9.55 Å². The van der Waals surface area contributed by atoms with E-state index in [-0.39, 0.29) is 0 Å². The first-order chi connectivity index (χ1) is 18.2. The molecule has 0 N–H and O–H groups in total. The van der Waals surface area contributed by atoms with Crippen molar-refractivity contribution >= 4 is 51.0 Å². The molecule has 4 aromatic carbocycles. The molecule has 0 radical (unpaired) electrons. The Kier molecular flexibility index (Phi) is 4.73. The van der Waals surface area contributed by atoms with E-state index in [1.165, 1.54) is 10.8 Å². The van der Waals surface area contributed by atoms with E-state index in [9.17, 15) is 0 Å². The van der Waals surface area contributed by atoms with Gasteiger partial charge in [0.2, 0.25) is 0 Å². The van der Waals surface area contributed by atoms with E-state index in [1.807, 2.05) is 60.9 Å². The van der Waals surface area contributed by atoms with Gasteiger partial charge in [-0.1, -0.05) is 61.7 Å². The average molecular weight is 478 g/mol. The average Bonchev–Trinajstić information content (AvgIpc) is 3.28. The van der Waals surface area contributed by atoms with Gasteiger partial charge in [0.15, 0.2) is 11.5 Å². The maximum atomic E-state index is 6.21. The molecule has 2 aromatic heterocycles. The van der Waals surface area contributed by atoms with Crippen molar-refractivity contribution in [2.75, 3.05) is 4.90 Å². The van der Waals surface area contributed by atoms with Crippen LogP contribution >= 0.6 is 0 Å². The van der Waals surface area contributed by atoms with Gasteiger partial charge in [0.1, 0.15) is 0 Å². The van der Waals surface area contributed by atoms with Crippen LogP contribution in [0.15, 0.2) is 117 Å². The van der Waals surface area contributed by atoms with Crippen molar-refractivity contribution in [3.8, 4) is 17.2 Å². The molecule has 0 fully saturated rings. The van der Waals surface area contributed by atoms with E-state index in [0.29, 0.717) is 0 Å². The summed E-state index contributed by atoms with van der Waals surface area (Å²) < 4.78 is 8.48. The summed E-state index contributed by atoms with van der Waals surface area (Å²) in [4.78, 5) is 6.92. The van der Waals surface area contributed by atoms with Gasteiger partial charge in [0.25, 0.3) is 0 Å². The maximum Gasteiger partial charge on any atom is 0.151 e. The summed E-state index contributed by atoms with van der Waals surface area (Å²) in [6.07, 6.45) is 7.59. The Morgan fingerprint density at radius 3 is 1.73 bits per heavy atom. The fourth-order valence-corrected chi connectivity index (χ4v) is 5.23. The summed E-state index contributed by atoms with van der Waals surface area (Å²) >= 11 is 0. The van der Waals surface area contributed by atoms with E-state index in [2.05, 4.69) is 77.2 Å². The third-order valence-corrected chi connectivity index (χ3v) is 6.94. The first-order valence-corrected chi connectivity index (χ1v) is 12.2. The van der Waals surface area contributed by atoms with Crippen LogP contribution in [0.4, 0.5) is 17.1 Å². The second-order valence-corrected chi connectivity index (χ2v) is 9.07. The Morgan fingerprint density at radius 2 is 1.16 bits per heavy atom. The molecule has 0 spiro atoms. The number of hydrogen-bond acceptors (Lipinski definition) is 3. The molecule has 1 aliphatic rings. The highest BCUT2D eigenvalue weighted by Crippen LogP contribution is 2.50. The molecule has 3 heterocycles. The predicted octanol–water partition coefficient (Wildman–Crippen LogP) is 9.04. The first kappa shape index (κ1) is 21.2. The standard InChI is InChI=1S/C33H23N3O/c1-3-22-13-15-28-26(17-22)27-18-23(4-2)14-16-29(27)35(28)24-19-25(21-34-20-24)36-30-9-5-7-11-32(30)37-33-12-8-6-10-31(33)36/h3-21H,1-2H2. The monoisotopic (exact) mass is 477 g/mol. The maximum absolute atomic E-state index is 6.21. The lowest BCUT2D eigenvalue weighted by Gasteiger charge is -2.32. The molecule has 1 aliphatic heterocycles. The second kappa shape index (κ2) is 8.25. The van der Waals surface area contributed by atoms with E-state index in [1.54, 1.807) is 0 Å². The van der Waals surface area contributed by atoms with Crippen LogP contribution in [-0.4, -0.2) is 9.55 Å². The number of pyridine rings is 1. The number of nitrogens with zero attached hydrogens (tertiary/aromatic N) is 3. The zero-order valence-electron chi connectivity index (χ0n) is 20.1. The van der Waals surface area contributed by atoms with Crippen LogP contribution in [0.25, 0.3) is 39.6 Å². The summed E-state index contributed by atoms with van der Waals surface area (Å²) in [6, 6.07) is 31.3. The topological polar surface area (TPSA) is 30.3 Å². The van der Waals surface area contributed by atoms with Crippen LogP contribution in [-0.2, 0) is 0 Å². The van der Waals surface area contributed by atoms with Crippen LogP contribution in [0.2, 0.25) is 0 Å². The zero-order chi connectivity index (χ0) is 24.9. The summed E-state index contributed by atoms with van der Waals surface area (Å²) in [7, 11) is 0. The van der Waals surface area contributed by atoms with Gasteiger partial charge in [-0.2, -0.15) is 0 Å². The third kappa shape index (κ3) is 3.27. The van der Waals surface area contributed by atoms with E-state index in [4.69, 9.17) is 9.72 Å². The minimum atomic E-state index is 0.817. The Labute approximate surface area is 215 Å². The van der Waals surface area contributed by atoms with Crippen molar-refractivity contribution in [3.63, 3.8) is 0 Å². The number of benzene rings is 4. The van der Waals surface area contributed by atoms with Gasteiger partial charge in [0.05, 0.1) is 46.2 Å². The quantitative estimate of drug-likeness (QED) is 0.253. The van der Waals surface area contributed by atoms with Crippen molar-refractivity contribution in [2.24, 2.45) is 0 Å². The van der Waals surface area contributed by atoms with Gasteiger partial charge >= 0.3 is 0 Å². The molecule has 37 heavy (non-hydrogen) atoms. The first-order valence-electron chi connectivity index (χ1n) is 12.2. The smallest absolute Gasteiger partial charge is 0.151 e. The van der Waals surface area contributed by atoms with Crippen molar-refractivity contribution < 1.29 is 4.74 Å². The molecule has 4 nitrogen and oxygen atoms in total. The SMILES string of the molecule is C=Cc1ccc2c(c1)c1cc(C=C)ccc1n2-c1cncc(N2c3ccccc3Oc3ccccc32)c1. The Bertz CT molecular complexity index is 1750. The summed E-state index contributed by atoms with van der Waals surface area (Å²) in [5.41, 5.74) is 8.31. The minimum Gasteiger partial charge on any atom is -0.453 e. The minimum absolute atomic E-state index is 0.817. The highest BCUT2D eigenvalue weighted by atomic mass is 16.5. The van der Waals surface area contributed by atoms with Gasteiger partial charge < -0.3 is 14.2 Å². The van der Waals surface area contributed by atoms with Gasteiger partial charge in [-0.3, -0.25) is 4.98 Å². The largest absolute Gasteiger partial charge is 0.453 e. The molecule has 176 valence electrons. The lowest BCUT2D eigenvalue weighted by Crippen LogP contribution is -2.16. The molecule has 0 unspecified atom stereocenters. The molecule has 0 bridgehead atoms. The Hall–Kier alpha value is -5.09. The van der Waals surface area contributed by atoms with Gasteiger partial charge in [-0.15, -0.1) is 0 Å². The fraction of sp³-hybridized carbons (Fsp3) is 0. The van der Waals surface area contributed by atoms with Crippen LogP contribution in [0.3, 0.4) is 0 Å². The molecular weight excluding hydrogens is 454 g/mol. The summed E-state index contributed by atoms with van der Waals surface area (Å²) in [6.45, 7) is 7.94. The number of rotatable bonds is 4. The van der Waals surface area contributed by atoms with Crippen LogP contribution in [0, 0.1) is 0 Å². The van der Waals surface area contributed by atoms with E-state index in [0.717, 1.165) is 56.4 Å². The predicted molar refractivity (Wildman–Crippen MR) is 154 cm³/mol. The molecule has 0 amide bonds. The fourth-order valence-electron chi connectivity index (χ4n) is 5.23. The number of para-hydroxylation sites is 4. The summed E-state index contributed by atoms with van der Waals surface area (Å²) in [5.74, 6) is 1.63. The van der Waals surface area contributed by atoms with Crippen molar-refractivity contribution in [1.29, 1.82) is 0 Å². The van der Waals surface area contributed by atoms with Gasteiger partial charge in [0, 0.05) is 10.8 Å². The lowest BCUT2D eigenvalue weighted by molar-refractivity contribution is 0.477. The molecular formula is C33H23N3O. The zero-order valence-corrected chi connectivity index (χ0v) is 20.1. The van der Waals surface area contributed by atoms with E-state index < -0.39 is 0 Å². The molecule has 0 saturated heterocycles. The number of aromatic nitrogens is 2. The molecule has 0 atom stereocenters. The molecule has 4 heteroatoms. The van der Waals surface area contributed by atoms with Crippen molar-refractivity contribution in [2.45, 2.75) is 0 Å². The number of hydrogen-bond donors (Lipinski definition) is 0. The van der Waals surface area contributed by atoms with Crippen molar-refractivity contribution in [3.05, 3.63) is 128 Å². The molecule has 6 aromatic rings. The molecule has 7 rings (SSSR count). The second-order valence-electron chi connectivity index (χ2n) is 9.07. The van der Waals surface area contributed by atoms with Gasteiger partial charge in [-0.05, 0) is 65.7 Å². The number of anilines is 3.